The smallest absolute Gasteiger partial charge is 0.122 e. The van der Waals surface area contributed by atoms with Gasteiger partial charge < -0.3 is 15.5 Å². The summed E-state index contributed by atoms with van der Waals surface area (Å²) < 4.78 is 0. The van der Waals surface area contributed by atoms with Gasteiger partial charge in [0.2, 0.25) is 0 Å². The van der Waals surface area contributed by atoms with Gasteiger partial charge in [-0.25, -0.2) is 0 Å². The van der Waals surface area contributed by atoms with Crippen molar-refractivity contribution < 1.29 is 0 Å². The Morgan fingerprint density at radius 3 is 2.61 bits per heavy atom. The first-order valence-corrected chi connectivity index (χ1v) is 6.44. The maximum Gasteiger partial charge on any atom is 0.122 e. The molecule has 1 aromatic carbocycles. The molecule has 1 aliphatic heterocycles. The largest absolute Gasteiger partial charge is 0.384 e. The molecule has 0 aromatic heterocycles. The number of nitrogen functional groups attached to an aromatic ring is 1. The SMILES string of the molecule is CN(C)CC1CCCN1c1ccc(C(=N)N)cc1. The molecule has 1 atom stereocenters. The van der Waals surface area contributed by atoms with E-state index in [9.17, 15) is 0 Å². The van der Waals surface area contributed by atoms with E-state index >= 15 is 0 Å². The standard InChI is InChI=1S/C14H22N4/c1-17(2)10-13-4-3-9-18(13)12-7-5-11(6-8-12)14(15)16/h5-8,13H,3-4,9-10H2,1-2H3,(H3,15,16). The summed E-state index contributed by atoms with van der Waals surface area (Å²) in [6.45, 7) is 2.21. The summed E-state index contributed by atoms with van der Waals surface area (Å²) in [6, 6.07) is 8.61. The second-order valence-electron chi connectivity index (χ2n) is 5.21. The summed E-state index contributed by atoms with van der Waals surface area (Å²) in [7, 11) is 4.24. The molecule has 3 N–H and O–H groups in total. The lowest BCUT2D eigenvalue weighted by Gasteiger charge is -2.29. The fraction of sp³-hybridized carbons (Fsp3) is 0.500. The van der Waals surface area contributed by atoms with Gasteiger partial charge in [0.1, 0.15) is 5.84 Å². The number of nitrogens with one attached hydrogen (secondary N) is 1. The third-order valence-electron chi connectivity index (χ3n) is 3.46. The van der Waals surface area contributed by atoms with Gasteiger partial charge in [-0.1, -0.05) is 0 Å². The van der Waals surface area contributed by atoms with Gasteiger partial charge in [0.15, 0.2) is 0 Å². The first kappa shape index (κ1) is 12.9. The molecule has 0 saturated carbocycles. The van der Waals surface area contributed by atoms with Gasteiger partial charge in [0.25, 0.3) is 0 Å². The van der Waals surface area contributed by atoms with Crippen LogP contribution in [0.1, 0.15) is 18.4 Å². The minimum absolute atomic E-state index is 0.132. The molecule has 0 spiro atoms. The highest BCUT2D eigenvalue weighted by molar-refractivity contribution is 5.95. The molecule has 0 bridgehead atoms. The highest BCUT2D eigenvalue weighted by atomic mass is 15.2. The molecule has 1 saturated heterocycles. The molecular formula is C14H22N4. The number of anilines is 1. The van der Waals surface area contributed by atoms with Crippen LogP contribution in [0.3, 0.4) is 0 Å². The average molecular weight is 246 g/mol. The van der Waals surface area contributed by atoms with Crippen LogP contribution in [0.5, 0.6) is 0 Å². The predicted molar refractivity (Wildman–Crippen MR) is 76.4 cm³/mol. The zero-order chi connectivity index (χ0) is 13.1. The van der Waals surface area contributed by atoms with Gasteiger partial charge in [-0.15, -0.1) is 0 Å². The minimum atomic E-state index is 0.132. The van der Waals surface area contributed by atoms with E-state index in [0.29, 0.717) is 6.04 Å². The molecule has 0 amide bonds. The van der Waals surface area contributed by atoms with Crippen molar-refractivity contribution in [2.75, 3.05) is 32.1 Å². The van der Waals surface area contributed by atoms with E-state index in [1.54, 1.807) is 0 Å². The second-order valence-corrected chi connectivity index (χ2v) is 5.21. The van der Waals surface area contributed by atoms with Crippen molar-refractivity contribution in [3.8, 4) is 0 Å². The lowest BCUT2D eigenvalue weighted by molar-refractivity contribution is 0.372. The number of amidine groups is 1. The van der Waals surface area contributed by atoms with Crippen LogP contribution in [0, 0.1) is 5.41 Å². The number of nitrogens with two attached hydrogens (primary N) is 1. The van der Waals surface area contributed by atoms with Gasteiger partial charge in [-0.2, -0.15) is 0 Å². The van der Waals surface area contributed by atoms with E-state index in [4.69, 9.17) is 11.1 Å². The van der Waals surface area contributed by atoms with Crippen molar-refractivity contribution in [3.63, 3.8) is 0 Å². The molecule has 2 rings (SSSR count). The highest BCUT2D eigenvalue weighted by Crippen LogP contribution is 2.26. The van der Waals surface area contributed by atoms with Crippen molar-refractivity contribution in [2.24, 2.45) is 5.73 Å². The Morgan fingerprint density at radius 1 is 1.39 bits per heavy atom. The highest BCUT2D eigenvalue weighted by Gasteiger charge is 2.24. The fourth-order valence-electron chi connectivity index (χ4n) is 2.62. The molecule has 1 unspecified atom stereocenters. The Kier molecular flexibility index (Phi) is 3.87. The van der Waals surface area contributed by atoms with E-state index in [-0.39, 0.29) is 5.84 Å². The number of nitrogens with zero attached hydrogens (tertiary/aromatic N) is 2. The zero-order valence-electron chi connectivity index (χ0n) is 11.2. The Labute approximate surface area is 109 Å². The molecule has 98 valence electrons. The van der Waals surface area contributed by atoms with Gasteiger partial charge in [-0.05, 0) is 51.2 Å². The topological polar surface area (TPSA) is 56.4 Å². The minimum Gasteiger partial charge on any atom is -0.384 e. The van der Waals surface area contributed by atoms with Crippen LogP contribution in [0.15, 0.2) is 24.3 Å². The molecule has 1 aliphatic rings. The van der Waals surface area contributed by atoms with Gasteiger partial charge in [0, 0.05) is 30.4 Å². The molecule has 0 radical (unpaired) electrons. The summed E-state index contributed by atoms with van der Waals surface area (Å²) in [5.74, 6) is 0.132. The first-order chi connectivity index (χ1) is 8.58. The molecule has 4 heteroatoms. The maximum atomic E-state index is 7.40. The molecule has 4 nitrogen and oxygen atoms in total. The van der Waals surface area contributed by atoms with Crippen LogP contribution >= 0.6 is 0 Å². The molecule has 1 heterocycles. The molecule has 0 aliphatic carbocycles. The Balaban J connectivity index is 2.12. The van der Waals surface area contributed by atoms with E-state index < -0.39 is 0 Å². The first-order valence-electron chi connectivity index (χ1n) is 6.44. The van der Waals surface area contributed by atoms with Crippen molar-refractivity contribution in [1.29, 1.82) is 5.41 Å². The van der Waals surface area contributed by atoms with Gasteiger partial charge in [-0.3, -0.25) is 5.41 Å². The lowest BCUT2D eigenvalue weighted by atomic mass is 10.1. The van der Waals surface area contributed by atoms with Crippen LogP contribution in [0.2, 0.25) is 0 Å². The zero-order valence-corrected chi connectivity index (χ0v) is 11.2. The molecule has 1 aromatic rings. The van der Waals surface area contributed by atoms with E-state index in [1.807, 2.05) is 12.1 Å². The maximum absolute atomic E-state index is 7.40. The second kappa shape index (κ2) is 5.40. The number of hydrogen-bond donors (Lipinski definition) is 2. The fourth-order valence-corrected chi connectivity index (χ4v) is 2.62. The Hall–Kier alpha value is -1.55. The van der Waals surface area contributed by atoms with Gasteiger partial charge in [0.05, 0.1) is 0 Å². The van der Waals surface area contributed by atoms with Crippen molar-refractivity contribution in [1.82, 2.24) is 4.90 Å². The lowest BCUT2D eigenvalue weighted by Crippen LogP contribution is -2.37. The van der Waals surface area contributed by atoms with E-state index in [0.717, 1.165) is 18.7 Å². The van der Waals surface area contributed by atoms with Crippen LogP contribution in [0.4, 0.5) is 5.69 Å². The summed E-state index contributed by atoms with van der Waals surface area (Å²) in [4.78, 5) is 4.71. The number of likely N-dealkylation sites (N-methyl/N-ethyl adjacent to an activating group) is 1. The van der Waals surface area contributed by atoms with Crippen LogP contribution < -0.4 is 10.6 Å². The number of benzene rings is 1. The summed E-state index contributed by atoms with van der Waals surface area (Å²) in [6.07, 6.45) is 2.51. The van der Waals surface area contributed by atoms with E-state index in [2.05, 4.69) is 36.0 Å². The van der Waals surface area contributed by atoms with Crippen LogP contribution in [-0.2, 0) is 0 Å². The average Bonchev–Trinajstić information content (AvgIpc) is 2.76. The summed E-state index contributed by atoms with van der Waals surface area (Å²) in [5.41, 5.74) is 7.51. The van der Waals surface area contributed by atoms with Crippen molar-refractivity contribution >= 4 is 11.5 Å². The predicted octanol–water partition coefficient (Wildman–Crippen LogP) is 1.50. The Morgan fingerprint density at radius 2 is 2.06 bits per heavy atom. The molecule has 18 heavy (non-hydrogen) atoms. The van der Waals surface area contributed by atoms with E-state index in [1.165, 1.54) is 18.5 Å². The molecule has 1 fully saturated rings. The Bertz CT molecular complexity index is 410. The molecular weight excluding hydrogens is 224 g/mol. The number of rotatable bonds is 4. The van der Waals surface area contributed by atoms with Crippen molar-refractivity contribution in [3.05, 3.63) is 29.8 Å². The third kappa shape index (κ3) is 2.82. The van der Waals surface area contributed by atoms with Crippen LogP contribution in [0.25, 0.3) is 0 Å². The normalized spacial score (nSPS) is 19.5. The van der Waals surface area contributed by atoms with Crippen molar-refractivity contribution in [2.45, 2.75) is 18.9 Å². The van der Waals surface area contributed by atoms with Gasteiger partial charge >= 0.3 is 0 Å². The third-order valence-corrected chi connectivity index (χ3v) is 3.46. The summed E-state index contributed by atoms with van der Waals surface area (Å²) >= 11 is 0. The summed E-state index contributed by atoms with van der Waals surface area (Å²) in [5, 5.41) is 7.40. The monoisotopic (exact) mass is 246 g/mol. The quantitative estimate of drug-likeness (QED) is 0.625. The van der Waals surface area contributed by atoms with Crippen LogP contribution in [-0.4, -0.2) is 44.0 Å². The number of hydrogen-bond acceptors (Lipinski definition) is 3.